The van der Waals surface area contributed by atoms with Gasteiger partial charge in [0.15, 0.2) is 5.78 Å². The molecule has 0 aliphatic carbocycles. The van der Waals surface area contributed by atoms with Crippen molar-refractivity contribution in [3.8, 4) is 0 Å². The summed E-state index contributed by atoms with van der Waals surface area (Å²) in [7, 11) is 0. The number of Topliss-reactive ketones (excluding diaryl/α,β-unsaturated/α-hetero) is 1. The molecule has 1 aliphatic rings. The third-order valence-electron chi connectivity index (χ3n) is 4.86. The molecule has 6 heteroatoms. The van der Waals surface area contributed by atoms with Gasteiger partial charge in [-0.1, -0.05) is 42.5 Å². The van der Waals surface area contributed by atoms with Crippen LogP contribution in [0.2, 0.25) is 0 Å². The molecular weight excluding hydrogens is 359 g/mol. The SMILES string of the molecule is O=C(CCC(=O)c1ccccc1F)NC(C(=O)N1CCCC1)c1ccccc1. The van der Waals surface area contributed by atoms with Crippen LogP contribution in [0.1, 0.15) is 47.6 Å². The summed E-state index contributed by atoms with van der Waals surface area (Å²) in [6.45, 7) is 1.37. The Kier molecular flexibility index (Phi) is 6.53. The van der Waals surface area contributed by atoms with E-state index in [0.717, 1.165) is 12.8 Å². The number of amides is 2. The summed E-state index contributed by atoms with van der Waals surface area (Å²) in [6, 6.07) is 14.0. The van der Waals surface area contributed by atoms with E-state index in [0.29, 0.717) is 18.7 Å². The monoisotopic (exact) mass is 382 g/mol. The Morgan fingerprint density at radius 3 is 2.25 bits per heavy atom. The highest BCUT2D eigenvalue weighted by Crippen LogP contribution is 2.20. The summed E-state index contributed by atoms with van der Waals surface area (Å²) in [5.41, 5.74) is 0.677. The quantitative estimate of drug-likeness (QED) is 0.748. The molecule has 1 heterocycles. The largest absolute Gasteiger partial charge is 0.341 e. The van der Waals surface area contributed by atoms with Crippen molar-refractivity contribution in [3.63, 3.8) is 0 Å². The van der Waals surface area contributed by atoms with Crippen LogP contribution in [-0.4, -0.2) is 35.6 Å². The zero-order chi connectivity index (χ0) is 19.9. The van der Waals surface area contributed by atoms with Gasteiger partial charge in [-0.05, 0) is 30.5 Å². The van der Waals surface area contributed by atoms with Crippen LogP contribution in [0.5, 0.6) is 0 Å². The zero-order valence-corrected chi connectivity index (χ0v) is 15.6. The second kappa shape index (κ2) is 9.26. The lowest BCUT2D eigenvalue weighted by atomic mass is 10.0. The molecule has 0 saturated carbocycles. The van der Waals surface area contributed by atoms with Crippen LogP contribution in [-0.2, 0) is 9.59 Å². The minimum atomic E-state index is -0.782. The van der Waals surface area contributed by atoms with E-state index in [1.54, 1.807) is 23.1 Å². The second-order valence-corrected chi connectivity index (χ2v) is 6.85. The first kappa shape index (κ1) is 19.7. The third kappa shape index (κ3) is 4.82. The number of benzene rings is 2. The highest BCUT2D eigenvalue weighted by atomic mass is 19.1. The van der Waals surface area contributed by atoms with Gasteiger partial charge in [0.25, 0.3) is 0 Å². The molecule has 1 atom stereocenters. The van der Waals surface area contributed by atoms with Gasteiger partial charge in [0.2, 0.25) is 11.8 Å². The topological polar surface area (TPSA) is 66.5 Å². The number of nitrogens with zero attached hydrogens (tertiary/aromatic N) is 1. The van der Waals surface area contributed by atoms with Crippen LogP contribution >= 0.6 is 0 Å². The first-order valence-corrected chi connectivity index (χ1v) is 9.47. The van der Waals surface area contributed by atoms with Gasteiger partial charge < -0.3 is 10.2 Å². The first-order chi connectivity index (χ1) is 13.6. The number of hydrogen-bond donors (Lipinski definition) is 1. The van der Waals surface area contributed by atoms with E-state index >= 15 is 0 Å². The number of likely N-dealkylation sites (tertiary alicyclic amines) is 1. The molecule has 0 spiro atoms. The van der Waals surface area contributed by atoms with Crippen molar-refractivity contribution in [1.82, 2.24) is 10.2 Å². The fourth-order valence-electron chi connectivity index (χ4n) is 3.34. The summed E-state index contributed by atoms with van der Waals surface area (Å²) >= 11 is 0. The molecule has 2 aromatic carbocycles. The third-order valence-corrected chi connectivity index (χ3v) is 4.86. The van der Waals surface area contributed by atoms with Gasteiger partial charge in [-0.25, -0.2) is 4.39 Å². The molecule has 3 rings (SSSR count). The molecule has 2 aromatic rings. The molecule has 0 aromatic heterocycles. The van der Waals surface area contributed by atoms with E-state index in [1.165, 1.54) is 18.2 Å². The van der Waals surface area contributed by atoms with E-state index in [9.17, 15) is 18.8 Å². The average molecular weight is 382 g/mol. The van der Waals surface area contributed by atoms with Crippen molar-refractivity contribution in [3.05, 3.63) is 71.5 Å². The highest BCUT2D eigenvalue weighted by Gasteiger charge is 2.29. The smallest absolute Gasteiger partial charge is 0.249 e. The summed E-state index contributed by atoms with van der Waals surface area (Å²) in [5.74, 6) is -1.58. The molecule has 2 amide bonds. The van der Waals surface area contributed by atoms with E-state index in [2.05, 4.69) is 5.32 Å². The summed E-state index contributed by atoms with van der Waals surface area (Å²) in [4.78, 5) is 39.2. The maximum atomic E-state index is 13.7. The van der Waals surface area contributed by atoms with E-state index in [1.807, 2.05) is 18.2 Å². The number of halogens is 1. The normalized spacial score (nSPS) is 14.5. The molecule has 1 saturated heterocycles. The number of ketones is 1. The Morgan fingerprint density at radius 2 is 1.57 bits per heavy atom. The molecule has 1 aliphatic heterocycles. The Labute approximate surface area is 163 Å². The van der Waals surface area contributed by atoms with Gasteiger partial charge in [0.1, 0.15) is 11.9 Å². The highest BCUT2D eigenvalue weighted by molar-refractivity contribution is 5.98. The minimum Gasteiger partial charge on any atom is -0.341 e. The van der Waals surface area contributed by atoms with Crippen molar-refractivity contribution < 1.29 is 18.8 Å². The number of carbonyl (C=O) groups excluding carboxylic acids is 3. The second-order valence-electron chi connectivity index (χ2n) is 6.85. The van der Waals surface area contributed by atoms with Crippen molar-refractivity contribution in [1.29, 1.82) is 0 Å². The summed E-state index contributed by atoms with van der Waals surface area (Å²) in [5, 5.41) is 2.76. The minimum absolute atomic E-state index is 0.0250. The first-order valence-electron chi connectivity index (χ1n) is 9.47. The van der Waals surface area contributed by atoms with Crippen LogP contribution in [0.4, 0.5) is 4.39 Å². The maximum Gasteiger partial charge on any atom is 0.249 e. The lowest BCUT2D eigenvalue weighted by Gasteiger charge is -2.24. The predicted molar refractivity (Wildman–Crippen MR) is 103 cm³/mol. The standard InChI is InChI=1S/C22H23FN2O3/c23-18-11-5-4-10-17(18)19(26)12-13-20(27)24-21(16-8-2-1-3-9-16)22(28)25-14-6-7-15-25/h1-5,8-11,21H,6-7,12-15H2,(H,24,27). The molecule has 0 bridgehead atoms. The van der Waals surface area contributed by atoms with E-state index < -0.39 is 23.5 Å². The van der Waals surface area contributed by atoms with Crippen LogP contribution in [0.3, 0.4) is 0 Å². The van der Waals surface area contributed by atoms with Gasteiger partial charge in [0, 0.05) is 25.9 Å². The predicted octanol–water partition coefficient (Wildman–Crippen LogP) is 3.27. The van der Waals surface area contributed by atoms with Gasteiger partial charge >= 0.3 is 0 Å². The number of nitrogens with one attached hydrogen (secondary N) is 1. The Hall–Kier alpha value is -3.02. The molecule has 0 radical (unpaired) electrons. The van der Waals surface area contributed by atoms with Crippen LogP contribution < -0.4 is 5.32 Å². The number of rotatable bonds is 7. The number of carbonyl (C=O) groups is 3. The van der Waals surface area contributed by atoms with Gasteiger partial charge in [-0.15, -0.1) is 0 Å². The van der Waals surface area contributed by atoms with Gasteiger partial charge in [0.05, 0.1) is 5.56 Å². The van der Waals surface area contributed by atoms with Gasteiger partial charge in [-0.2, -0.15) is 0 Å². The lowest BCUT2D eigenvalue weighted by molar-refractivity contribution is -0.135. The van der Waals surface area contributed by atoms with E-state index in [-0.39, 0.29) is 24.3 Å². The fourth-order valence-corrected chi connectivity index (χ4v) is 3.34. The zero-order valence-electron chi connectivity index (χ0n) is 15.6. The fraction of sp³-hybridized carbons (Fsp3) is 0.318. The molecular formula is C22H23FN2O3. The molecule has 28 heavy (non-hydrogen) atoms. The Morgan fingerprint density at radius 1 is 0.929 bits per heavy atom. The number of hydrogen-bond acceptors (Lipinski definition) is 3. The van der Waals surface area contributed by atoms with E-state index in [4.69, 9.17) is 0 Å². The Balaban J connectivity index is 1.65. The maximum absolute atomic E-state index is 13.7. The van der Waals surface area contributed by atoms with Crippen LogP contribution in [0.15, 0.2) is 54.6 Å². The average Bonchev–Trinajstić information content (AvgIpc) is 3.25. The van der Waals surface area contributed by atoms with Crippen molar-refractivity contribution >= 4 is 17.6 Å². The summed E-state index contributed by atoms with van der Waals surface area (Å²) in [6.07, 6.45) is 1.69. The molecule has 5 nitrogen and oxygen atoms in total. The molecule has 146 valence electrons. The van der Waals surface area contributed by atoms with Crippen molar-refractivity contribution in [2.45, 2.75) is 31.7 Å². The molecule has 1 unspecified atom stereocenters. The van der Waals surface area contributed by atoms with Crippen LogP contribution in [0, 0.1) is 5.82 Å². The Bertz CT molecular complexity index is 848. The van der Waals surface area contributed by atoms with Crippen molar-refractivity contribution in [2.75, 3.05) is 13.1 Å². The molecule has 1 N–H and O–H groups in total. The lowest BCUT2D eigenvalue weighted by Crippen LogP contribution is -2.41. The van der Waals surface area contributed by atoms with Crippen molar-refractivity contribution in [2.24, 2.45) is 0 Å². The molecule has 1 fully saturated rings. The summed E-state index contributed by atoms with van der Waals surface area (Å²) < 4.78 is 13.7. The van der Waals surface area contributed by atoms with Crippen LogP contribution in [0.25, 0.3) is 0 Å². The van der Waals surface area contributed by atoms with Gasteiger partial charge in [-0.3, -0.25) is 14.4 Å².